The van der Waals surface area contributed by atoms with Crippen molar-refractivity contribution in [2.24, 2.45) is 34.0 Å². The number of rotatable bonds is 7. The zero-order chi connectivity index (χ0) is 28.0. The van der Waals surface area contributed by atoms with E-state index in [4.69, 9.17) is 14.2 Å². The molecule has 0 amide bonds. The maximum atomic E-state index is 11.9. The number of hydrogen-bond acceptors (Lipinski definition) is 7. The SMILES string of the molecule is CNCCO[C@H]1CCC23C[C@]24CC[C@@]2(C)C(C[C@H]5O[C@@H]([C@H](OC(C)=O)C(C)(C)O)CCN52)[C@@H]4CCC3C1(C)C. The minimum Gasteiger partial charge on any atom is -0.457 e. The molecule has 4 saturated carbocycles. The lowest BCUT2D eigenvalue weighted by Crippen LogP contribution is -2.60. The second kappa shape index (κ2) is 9.39. The standard InChI is InChI=1S/C32H54N2O5/c1-20(35)38-27(29(4,5)36)23-11-16-34-26(39-23)18-22-21-8-9-24-28(2,3)25(37-17-15-33-7)10-12-32(24)19-31(21,32)14-13-30(22,34)6/h21-27,33,36H,8-19H2,1-7H3/t21-,22?,23+,24?,25-,26+,27-,30-,31-,32?/m0/s1. The van der Waals surface area contributed by atoms with Gasteiger partial charge in [0.05, 0.1) is 18.3 Å². The minimum atomic E-state index is -1.14. The van der Waals surface area contributed by atoms with Crippen molar-refractivity contribution in [1.29, 1.82) is 0 Å². The van der Waals surface area contributed by atoms with Crippen LogP contribution in [-0.4, -0.2) is 78.4 Å². The van der Waals surface area contributed by atoms with Crippen molar-refractivity contribution in [2.45, 2.75) is 135 Å². The van der Waals surface area contributed by atoms with Gasteiger partial charge >= 0.3 is 5.97 Å². The molecule has 2 heterocycles. The average molecular weight is 547 g/mol. The van der Waals surface area contributed by atoms with E-state index in [1.807, 2.05) is 7.05 Å². The number of hydrogen-bond donors (Lipinski definition) is 2. The van der Waals surface area contributed by atoms with Gasteiger partial charge in [-0.15, -0.1) is 0 Å². The molecule has 3 unspecified atom stereocenters. The first-order valence-corrected chi connectivity index (χ1v) is 15.9. The molecule has 0 aromatic rings. The monoisotopic (exact) mass is 546 g/mol. The maximum absolute atomic E-state index is 11.9. The molecule has 6 aliphatic rings. The van der Waals surface area contributed by atoms with Crippen LogP contribution < -0.4 is 5.32 Å². The van der Waals surface area contributed by atoms with E-state index in [0.717, 1.165) is 44.4 Å². The summed E-state index contributed by atoms with van der Waals surface area (Å²) in [5, 5.41) is 14.1. The van der Waals surface area contributed by atoms with Gasteiger partial charge in [-0.25, -0.2) is 0 Å². The fourth-order valence-corrected chi connectivity index (χ4v) is 11.4. The first-order chi connectivity index (χ1) is 18.3. The quantitative estimate of drug-likeness (QED) is 0.359. The third-order valence-corrected chi connectivity index (χ3v) is 13.0. The Hall–Kier alpha value is -0.730. The lowest BCUT2D eigenvalue weighted by molar-refractivity contribution is -0.218. The lowest BCUT2D eigenvalue weighted by Gasteiger charge is -2.59. The largest absolute Gasteiger partial charge is 0.457 e. The van der Waals surface area contributed by atoms with Gasteiger partial charge in [0.25, 0.3) is 0 Å². The molecule has 2 aliphatic heterocycles. The Labute approximate surface area is 236 Å². The fourth-order valence-electron chi connectivity index (χ4n) is 11.4. The van der Waals surface area contributed by atoms with Crippen molar-refractivity contribution in [2.75, 3.05) is 26.7 Å². The van der Waals surface area contributed by atoms with Gasteiger partial charge in [-0.2, -0.15) is 0 Å². The number of fused-ring (bicyclic) bond motifs is 4. The van der Waals surface area contributed by atoms with Gasteiger partial charge in [0, 0.05) is 25.6 Å². The van der Waals surface area contributed by atoms with Gasteiger partial charge in [-0.1, -0.05) is 13.8 Å². The van der Waals surface area contributed by atoms with E-state index in [0.29, 0.717) is 22.9 Å². The predicted octanol–water partition coefficient (Wildman–Crippen LogP) is 4.51. The highest BCUT2D eigenvalue weighted by Gasteiger charge is 2.80. The van der Waals surface area contributed by atoms with Crippen LogP contribution in [0, 0.1) is 34.0 Å². The summed E-state index contributed by atoms with van der Waals surface area (Å²) in [5.74, 6) is 1.83. The number of esters is 1. The van der Waals surface area contributed by atoms with Crippen LogP contribution >= 0.6 is 0 Å². The Morgan fingerprint density at radius 3 is 2.56 bits per heavy atom. The number of carbonyl (C=O) groups excluding carboxylic acids is 1. The summed E-state index contributed by atoms with van der Waals surface area (Å²) < 4.78 is 18.9. The third kappa shape index (κ3) is 4.11. The topological polar surface area (TPSA) is 80.3 Å². The van der Waals surface area contributed by atoms with Crippen molar-refractivity contribution in [3.8, 4) is 0 Å². The van der Waals surface area contributed by atoms with E-state index in [9.17, 15) is 9.90 Å². The second-order valence-corrected chi connectivity index (χ2v) is 15.5. The summed E-state index contributed by atoms with van der Waals surface area (Å²) in [6.45, 7) is 15.1. The summed E-state index contributed by atoms with van der Waals surface area (Å²) in [6.07, 6.45) is 10.6. The molecule has 0 radical (unpaired) electrons. The number of nitrogens with zero attached hydrogens (tertiary/aromatic N) is 1. The van der Waals surface area contributed by atoms with Crippen LogP contribution in [0.15, 0.2) is 0 Å². The zero-order valence-electron chi connectivity index (χ0n) is 25.6. The molecule has 222 valence electrons. The molecule has 7 nitrogen and oxygen atoms in total. The number of nitrogens with one attached hydrogen (secondary N) is 1. The van der Waals surface area contributed by atoms with Crippen molar-refractivity contribution < 1.29 is 24.1 Å². The third-order valence-electron chi connectivity index (χ3n) is 13.0. The van der Waals surface area contributed by atoms with Crippen LogP contribution in [0.2, 0.25) is 0 Å². The predicted molar refractivity (Wildman–Crippen MR) is 150 cm³/mol. The van der Waals surface area contributed by atoms with Gasteiger partial charge in [0.1, 0.15) is 12.3 Å². The molecule has 0 aromatic heterocycles. The highest BCUT2D eigenvalue weighted by molar-refractivity contribution is 5.66. The van der Waals surface area contributed by atoms with Gasteiger partial charge in [0.2, 0.25) is 0 Å². The van der Waals surface area contributed by atoms with Crippen molar-refractivity contribution >= 4 is 5.97 Å². The Morgan fingerprint density at radius 1 is 1.10 bits per heavy atom. The maximum Gasteiger partial charge on any atom is 0.303 e. The molecule has 7 heteroatoms. The van der Waals surface area contributed by atoms with Gasteiger partial charge in [-0.05, 0) is 120 Å². The molecule has 6 rings (SSSR count). The Balaban J connectivity index is 1.20. The second-order valence-electron chi connectivity index (χ2n) is 15.5. The highest BCUT2D eigenvalue weighted by atomic mass is 16.6. The summed E-state index contributed by atoms with van der Waals surface area (Å²) in [6, 6.07) is 0. The Bertz CT molecular complexity index is 965. The van der Waals surface area contributed by atoms with E-state index < -0.39 is 11.7 Å². The molecule has 2 spiro atoms. The van der Waals surface area contributed by atoms with Crippen molar-refractivity contribution in [3.63, 3.8) is 0 Å². The van der Waals surface area contributed by atoms with Crippen LogP contribution in [0.3, 0.4) is 0 Å². The smallest absolute Gasteiger partial charge is 0.303 e. The van der Waals surface area contributed by atoms with Crippen LogP contribution in [-0.2, 0) is 19.0 Å². The lowest BCUT2D eigenvalue weighted by atomic mass is 9.47. The van der Waals surface area contributed by atoms with Crippen LogP contribution in [0.25, 0.3) is 0 Å². The molecule has 2 N–H and O–H groups in total. The summed E-state index contributed by atoms with van der Waals surface area (Å²) in [4.78, 5) is 14.5. The average Bonchev–Trinajstić information content (AvgIpc) is 3.43. The van der Waals surface area contributed by atoms with Gasteiger partial charge in [0.15, 0.2) is 6.10 Å². The van der Waals surface area contributed by atoms with Crippen molar-refractivity contribution in [1.82, 2.24) is 10.2 Å². The van der Waals surface area contributed by atoms with Crippen LogP contribution in [0.5, 0.6) is 0 Å². The highest BCUT2D eigenvalue weighted by Crippen LogP contribution is 2.86. The number of ether oxygens (including phenoxy) is 3. The van der Waals surface area contributed by atoms with Crippen LogP contribution in [0.4, 0.5) is 0 Å². The van der Waals surface area contributed by atoms with E-state index in [-0.39, 0.29) is 29.3 Å². The van der Waals surface area contributed by atoms with E-state index in [1.165, 1.54) is 51.9 Å². The molecule has 39 heavy (non-hydrogen) atoms. The summed E-state index contributed by atoms with van der Waals surface area (Å²) in [5.41, 5.74) is 0.287. The normalized spacial score (nSPS) is 47.2. The summed E-state index contributed by atoms with van der Waals surface area (Å²) in [7, 11) is 2.00. The Morgan fingerprint density at radius 2 is 1.87 bits per heavy atom. The number of carbonyl (C=O) groups is 1. The fraction of sp³-hybridized carbons (Fsp3) is 0.969. The summed E-state index contributed by atoms with van der Waals surface area (Å²) >= 11 is 0. The van der Waals surface area contributed by atoms with Gasteiger partial charge < -0.3 is 24.6 Å². The first kappa shape index (κ1) is 28.4. The molecular formula is C32H54N2O5. The van der Waals surface area contributed by atoms with Crippen LogP contribution in [0.1, 0.15) is 99.3 Å². The molecule has 0 aromatic carbocycles. The number of likely N-dealkylation sites (N-methyl/N-ethyl adjacent to an activating group) is 1. The first-order valence-electron chi connectivity index (χ1n) is 15.9. The van der Waals surface area contributed by atoms with E-state index in [1.54, 1.807) is 13.8 Å². The molecule has 0 bridgehead atoms. The molecular weight excluding hydrogens is 492 g/mol. The molecule has 10 atom stereocenters. The molecule has 4 aliphatic carbocycles. The minimum absolute atomic E-state index is 0.0504. The van der Waals surface area contributed by atoms with Crippen molar-refractivity contribution in [3.05, 3.63) is 0 Å². The van der Waals surface area contributed by atoms with E-state index in [2.05, 4.69) is 31.0 Å². The molecule has 6 fully saturated rings. The van der Waals surface area contributed by atoms with E-state index >= 15 is 0 Å². The molecule has 2 saturated heterocycles. The number of aliphatic hydroxyl groups is 1. The van der Waals surface area contributed by atoms with Gasteiger partial charge in [-0.3, -0.25) is 9.69 Å². The zero-order valence-corrected chi connectivity index (χ0v) is 25.6. The Kier molecular flexibility index (Phi) is 6.83.